The topological polar surface area (TPSA) is 58.4 Å². The fourth-order valence-electron chi connectivity index (χ4n) is 2.83. The molecule has 0 saturated carbocycles. The van der Waals surface area contributed by atoms with Gasteiger partial charge in [-0.2, -0.15) is 11.8 Å². The first-order chi connectivity index (χ1) is 11.7. The molecule has 1 fully saturated rings. The van der Waals surface area contributed by atoms with Gasteiger partial charge >= 0.3 is 0 Å². The van der Waals surface area contributed by atoms with Crippen molar-refractivity contribution in [3.8, 4) is 0 Å². The standard InChI is InChI=1S/C18H21N3O2S/c22-21(23)18-4-2-1-3-16(18)14-19-13-15-5-7-17(8-6-15)20-9-11-24-12-10-20/h1-8,19H,9-14H2. The van der Waals surface area contributed by atoms with Crippen LogP contribution in [0, 0.1) is 10.1 Å². The molecule has 2 aromatic carbocycles. The van der Waals surface area contributed by atoms with Gasteiger partial charge in [-0.3, -0.25) is 10.1 Å². The normalized spacial score (nSPS) is 14.6. The highest BCUT2D eigenvalue weighted by Crippen LogP contribution is 2.20. The predicted octanol–water partition coefficient (Wildman–Crippen LogP) is 3.44. The lowest BCUT2D eigenvalue weighted by atomic mass is 10.1. The molecule has 5 nitrogen and oxygen atoms in total. The zero-order valence-corrected chi connectivity index (χ0v) is 14.3. The quantitative estimate of drug-likeness (QED) is 0.643. The van der Waals surface area contributed by atoms with Gasteiger partial charge in [-0.25, -0.2) is 0 Å². The Kier molecular flexibility index (Phi) is 5.72. The lowest BCUT2D eigenvalue weighted by molar-refractivity contribution is -0.385. The van der Waals surface area contributed by atoms with Crippen molar-refractivity contribution in [3.63, 3.8) is 0 Å². The van der Waals surface area contributed by atoms with E-state index in [0.717, 1.165) is 13.1 Å². The molecule has 0 atom stereocenters. The third-order valence-corrected chi connectivity index (χ3v) is 5.09. The maximum Gasteiger partial charge on any atom is 0.273 e. The summed E-state index contributed by atoms with van der Waals surface area (Å²) in [5, 5.41) is 14.3. The third-order valence-electron chi connectivity index (χ3n) is 4.15. The van der Waals surface area contributed by atoms with Crippen LogP contribution in [0.25, 0.3) is 0 Å². The van der Waals surface area contributed by atoms with Gasteiger partial charge in [0.15, 0.2) is 0 Å². The summed E-state index contributed by atoms with van der Waals surface area (Å²) >= 11 is 2.01. The van der Waals surface area contributed by atoms with E-state index in [1.165, 1.54) is 22.8 Å². The van der Waals surface area contributed by atoms with Crippen LogP contribution in [-0.4, -0.2) is 29.5 Å². The summed E-state index contributed by atoms with van der Waals surface area (Å²) in [6.45, 7) is 3.41. The van der Waals surface area contributed by atoms with Gasteiger partial charge in [-0.15, -0.1) is 0 Å². The molecule has 24 heavy (non-hydrogen) atoms. The fraction of sp³-hybridized carbons (Fsp3) is 0.333. The van der Waals surface area contributed by atoms with E-state index in [1.807, 2.05) is 17.8 Å². The van der Waals surface area contributed by atoms with Gasteiger partial charge in [0.1, 0.15) is 0 Å². The van der Waals surface area contributed by atoms with Crippen molar-refractivity contribution in [1.29, 1.82) is 0 Å². The summed E-state index contributed by atoms with van der Waals surface area (Å²) in [7, 11) is 0. The van der Waals surface area contributed by atoms with Gasteiger partial charge in [0.2, 0.25) is 0 Å². The summed E-state index contributed by atoms with van der Waals surface area (Å²) in [5.41, 5.74) is 3.34. The molecule has 126 valence electrons. The molecule has 1 aliphatic heterocycles. The number of anilines is 1. The Balaban J connectivity index is 1.54. The Morgan fingerprint density at radius 1 is 1.04 bits per heavy atom. The first kappa shape index (κ1) is 16.8. The largest absolute Gasteiger partial charge is 0.370 e. The minimum Gasteiger partial charge on any atom is -0.370 e. The van der Waals surface area contributed by atoms with Gasteiger partial charge in [0, 0.05) is 55.0 Å². The van der Waals surface area contributed by atoms with Gasteiger partial charge in [-0.05, 0) is 17.7 Å². The predicted molar refractivity (Wildman–Crippen MR) is 99.6 cm³/mol. The highest BCUT2D eigenvalue weighted by atomic mass is 32.2. The van der Waals surface area contributed by atoms with E-state index < -0.39 is 0 Å². The van der Waals surface area contributed by atoms with Crippen molar-refractivity contribution in [2.45, 2.75) is 13.1 Å². The molecule has 0 radical (unpaired) electrons. The summed E-state index contributed by atoms with van der Waals surface area (Å²) in [6.07, 6.45) is 0. The lowest BCUT2D eigenvalue weighted by Gasteiger charge is -2.28. The van der Waals surface area contributed by atoms with E-state index in [1.54, 1.807) is 18.2 Å². The number of para-hydroxylation sites is 1. The number of hydrogen-bond acceptors (Lipinski definition) is 5. The van der Waals surface area contributed by atoms with Gasteiger partial charge < -0.3 is 10.2 Å². The highest BCUT2D eigenvalue weighted by molar-refractivity contribution is 7.99. The van der Waals surface area contributed by atoms with Crippen molar-refractivity contribution < 1.29 is 4.92 Å². The SMILES string of the molecule is O=[N+]([O-])c1ccccc1CNCc1ccc(N2CCSCC2)cc1. The minimum atomic E-state index is -0.331. The number of nitro groups is 1. The van der Waals surface area contributed by atoms with Crippen LogP contribution < -0.4 is 10.2 Å². The highest BCUT2D eigenvalue weighted by Gasteiger charge is 2.12. The molecule has 3 rings (SSSR count). The summed E-state index contributed by atoms with van der Waals surface area (Å²) in [5.74, 6) is 2.39. The van der Waals surface area contributed by atoms with Crippen molar-refractivity contribution in [3.05, 3.63) is 69.8 Å². The average molecular weight is 343 g/mol. The second-order valence-electron chi connectivity index (χ2n) is 5.76. The van der Waals surface area contributed by atoms with E-state index in [4.69, 9.17) is 0 Å². The maximum absolute atomic E-state index is 11.0. The summed E-state index contributed by atoms with van der Waals surface area (Å²) in [4.78, 5) is 13.1. The molecule has 0 spiro atoms. The van der Waals surface area contributed by atoms with E-state index in [0.29, 0.717) is 18.7 Å². The van der Waals surface area contributed by atoms with Crippen molar-refractivity contribution >= 4 is 23.1 Å². The van der Waals surface area contributed by atoms with Crippen LogP contribution in [0.2, 0.25) is 0 Å². The average Bonchev–Trinajstić information content (AvgIpc) is 2.63. The summed E-state index contributed by atoms with van der Waals surface area (Å²) < 4.78 is 0. The molecule has 0 amide bonds. The Morgan fingerprint density at radius 2 is 1.75 bits per heavy atom. The minimum absolute atomic E-state index is 0.170. The molecule has 0 aliphatic carbocycles. The van der Waals surface area contributed by atoms with Crippen LogP contribution >= 0.6 is 11.8 Å². The maximum atomic E-state index is 11.0. The second kappa shape index (κ2) is 8.17. The van der Waals surface area contributed by atoms with E-state index in [9.17, 15) is 10.1 Å². The first-order valence-electron chi connectivity index (χ1n) is 8.09. The molecule has 1 aliphatic rings. The van der Waals surface area contributed by atoms with Crippen LogP contribution in [0.4, 0.5) is 11.4 Å². The molecular formula is C18H21N3O2S. The van der Waals surface area contributed by atoms with Crippen molar-refractivity contribution in [2.75, 3.05) is 29.5 Å². The first-order valence-corrected chi connectivity index (χ1v) is 9.24. The Hall–Kier alpha value is -2.05. The smallest absolute Gasteiger partial charge is 0.273 e. The van der Waals surface area contributed by atoms with E-state index in [2.05, 4.69) is 34.5 Å². The number of nitro benzene ring substituents is 1. The second-order valence-corrected chi connectivity index (χ2v) is 6.98. The number of nitrogens with one attached hydrogen (secondary N) is 1. The number of rotatable bonds is 6. The third kappa shape index (κ3) is 4.27. The number of benzene rings is 2. The molecular weight excluding hydrogens is 322 g/mol. The molecule has 0 unspecified atom stereocenters. The van der Waals surface area contributed by atoms with E-state index in [-0.39, 0.29) is 10.6 Å². The molecule has 2 aromatic rings. The molecule has 1 heterocycles. The molecule has 1 saturated heterocycles. The number of thioether (sulfide) groups is 1. The van der Waals surface area contributed by atoms with Crippen LogP contribution in [0.5, 0.6) is 0 Å². The molecule has 0 aromatic heterocycles. The van der Waals surface area contributed by atoms with Crippen LogP contribution in [0.1, 0.15) is 11.1 Å². The van der Waals surface area contributed by atoms with Crippen molar-refractivity contribution in [1.82, 2.24) is 5.32 Å². The Bertz CT molecular complexity index is 685. The Labute approximate surface area is 146 Å². The fourth-order valence-corrected chi connectivity index (χ4v) is 3.73. The molecule has 6 heteroatoms. The van der Waals surface area contributed by atoms with Gasteiger partial charge in [0.05, 0.1) is 4.92 Å². The van der Waals surface area contributed by atoms with Gasteiger partial charge in [0.25, 0.3) is 5.69 Å². The van der Waals surface area contributed by atoms with E-state index >= 15 is 0 Å². The summed E-state index contributed by atoms with van der Waals surface area (Å²) in [6, 6.07) is 15.4. The number of hydrogen-bond donors (Lipinski definition) is 1. The zero-order chi connectivity index (χ0) is 16.8. The molecule has 0 bridgehead atoms. The van der Waals surface area contributed by atoms with Crippen molar-refractivity contribution in [2.24, 2.45) is 0 Å². The zero-order valence-electron chi connectivity index (χ0n) is 13.5. The molecule has 1 N–H and O–H groups in total. The van der Waals surface area contributed by atoms with Crippen LogP contribution in [0.15, 0.2) is 48.5 Å². The van der Waals surface area contributed by atoms with Gasteiger partial charge in [-0.1, -0.05) is 30.3 Å². The lowest BCUT2D eigenvalue weighted by Crippen LogP contribution is -2.32. The Morgan fingerprint density at radius 3 is 2.46 bits per heavy atom. The number of nitrogens with zero attached hydrogens (tertiary/aromatic N) is 2. The monoisotopic (exact) mass is 343 g/mol. The van der Waals surface area contributed by atoms with Crippen LogP contribution in [0.3, 0.4) is 0 Å². The van der Waals surface area contributed by atoms with Crippen LogP contribution in [-0.2, 0) is 13.1 Å².